The summed E-state index contributed by atoms with van der Waals surface area (Å²) in [7, 11) is 2.08. The van der Waals surface area contributed by atoms with E-state index in [1.54, 1.807) is 12.1 Å². The largest absolute Gasteiger partial charge is 0.494 e. The lowest BCUT2D eigenvalue weighted by Crippen LogP contribution is -2.92. The van der Waals surface area contributed by atoms with E-state index in [2.05, 4.69) is 42.8 Å². The van der Waals surface area contributed by atoms with Crippen molar-refractivity contribution < 1.29 is 19.6 Å². The molecule has 0 spiro atoms. The predicted octanol–water partition coefficient (Wildman–Crippen LogP) is 2.71. The van der Waals surface area contributed by atoms with Gasteiger partial charge in [-0.1, -0.05) is 25.1 Å². The number of aryl methyl sites for hydroxylation is 1. The molecule has 2 amide bonds. The van der Waals surface area contributed by atoms with Gasteiger partial charge in [-0.2, -0.15) is 0 Å². The number of fused-ring (bicyclic) bond motifs is 1. The highest BCUT2D eigenvalue weighted by Gasteiger charge is 2.42. The Morgan fingerprint density at radius 1 is 1.10 bits per heavy atom. The lowest BCUT2D eigenvalue weighted by atomic mass is 10.1. The zero-order valence-electron chi connectivity index (χ0n) is 18.4. The molecular formula is C25H30N3O3+. The molecule has 1 aliphatic heterocycles. The van der Waals surface area contributed by atoms with Crippen molar-refractivity contribution in [2.24, 2.45) is 7.05 Å². The topological polar surface area (TPSA) is 68.2 Å². The molecule has 1 aromatic heterocycles. The van der Waals surface area contributed by atoms with Crippen molar-refractivity contribution in [3.8, 4) is 5.75 Å². The summed E-state index contributed by atoms with van der Waals surface area (Å²) in [6.07, 6.45) is 2.02. The van der Waals surface area contributed by atoms with E-state index < -0.39 is 0 Å². The third kappa shape index (κ3) is 4.08. The molecule has 0 aliphatic carbocycles. The van der Waals surface area contributed by atoms with Crippen molar-refractivity contribution in [2.75, 3.05) is 18.1 Å². The molecule has 0 bridgehead atoms. The predicted molar refractivity (Wildman–Crippen MR) is 121 cm³/mol. The fourth-order valence-electron chi connectivity index (χ4n) is 4.37. The zero-order chi connectivity index (χ0) is 22.0. The van der Waals surface area contributed by atoms with E-state index in [-0.39, 0.29) is 24.3 Å². The van der Waals surface area contributed by atoms with Gasteiger partial charge < -0.3 is 14.6 Å². The maximum Gasteiger partial charge on any atom is 0.292 e. The number of anilines is 1. The van der Waals surface area contributed by atoms with Crippen LogP contribution in [-0.2, 0) is 23.1 Å². The quantitative estimate of drug-likeness (QED) is 0.570. The van der Waals surface area contributed by atoms with Crippen LogP contribution in [0.5, 0.6) is 5.75 Å². The molecule has 1 fully saturated rings. The van der Waals surface area contributed by atoms with E-state index in [4.69, 9.17) is 4.74 Å². The van der Waals surface area contributed by atoms with Gasteiger partial charge in [0.05, 0.1) is 25.3 Å². The number of carbonyl (C=O) groups is 2. The number of hydrogen-bond donors (Lipinski definition) is 1. The Labute approximate surface area is 182 Å². The standard InChI is InChI=1S/C25H29N3O3/c1-4-15-31-19-11-9-18(10-12-19)28-24(29)16-22(25(28)30)26-14-13-20-17(2)27(3)23-8-6-5-7-21(20)23/h5-12,22,26H,4,13-16H2,1-3H3/p+1/t22-/m1/s1. The number of hydrogen-bond acceptors (Lipinski definition) is 3. The zero-order valence-corrected chi connectivity index (χ0v) is 18.4. The first kappa shape index (κ1) is 21.1. The molecule has 0 radical (unpaired) electrons. The number of nitrogens with two attached hydrogens (primary N) is 1. The lowest BCUT2D eigenvalue weighted by molar-refractivity contribution is -0.674. The van der Waals surface area contributed by atoms with Gasteiger partial charge in [0.15, 0.2) is 6.04 Å². The highest BCUT2D eigenvalue weighted by molar-refractivity contribution is 6.21. The van der Waals surface area contributed by atoms with Crippen LogP contribution < -0.4 is 15.0 Å². The fraction of sp³-hybridized carbons (Fsp3) is 0.360. The number of quaternary nitrogens is 1. The molecule has 31 heavy (non-hydrogen) atoms. The van der Waals surface area contributed by atoms with E-state index >= 15 is 0 Å². The third-order valence-corrected chi connectivity index (χ3v) is 6.13. The summed E-state index contributed by atoms with van der Waals surface area (Å²) in [5.74, 6) is 0.468. The van der Waals surface area contributed by atoms with E-state index in [1.807, 2.05) is 24.4 Å². The van der Waals surface area contributed by atoms with Crippen molar-refractivity contribution in [3.63, 3.8) is 0 Å². The van der Waals surface area contributed by atoms with Gasteiger partial charge in [-0.3, -0.25) is 9.59 Å². The van der Waals surface area contributed by atoms with Crippen LogP contribution in [0.3, 0.4) is 0 Å². The summed E-state index contributed by atoms with van der Waals surface area (Å²) >= 11 is 0. The van der Waals surface area contributed by atoms with Gasteiger partial charge >= 0.3 is 0 Å². The van der Waals surface area contributed by atoms with Gasteiger partial charge in [0.1, 0.15) is 5.75 Å². The van der Waals surface area contributed by atoms with E-state index in [9.17, 15) is 9.59 Å². The molecule has 162 valence electrons. The number of amides is 2. The van der Waals surface area contributed by atoms with Crippen molar-refractivity contribution >= 4 is 28.4 Å². The minimum atomic E-state index is -0.362. The number of nitrogens with zero attached hydrogens (tertiary/aromatic N) is 2. The monoisotopic (exact) mass is 420 g/mol. The summed E-state index contributed by atoms with van der Waals surface area (Å²) < 4.78 is 7.80. The number of para-hydroxylation sites is 1. The minimum Gasteiger partial charge on any atom is -0.494 e. The van der Waals surface area contributed by atoms with Gasteiger partial charge in [0.25, 0.3) is 5.91 Å². The Hall–Kier alpha value is -3.12. The normalized spacial score (nSPS) is 16.5. The van der Waals surface area contributed by atoms with Crippen molar-refractivity contribution in [2.45, 2.75) is 39.2 Å². The second kappa shape index (κ2) is 8.94. The number of ether oxygens (including phenoxy) is 1. The summed E-state index contributed by atoms with van der Waals surface area (Å²) in [5.41, 5.74) is 4.39. The van der Waals surface area contributed by atoms with Crippen molar-refractivity contribution in [1.82, 2.24) is 4.57 Å². The Balaban J connectivity index is 1.40. The highest BCUT2D eigenvalue weighted by Crippen LogP contribution is 2.26. The molecule has 0 saturated carbocycles. The maximum absolute atomic E-state index is 12.9. The van der Waals surface area contributed by atoms with Crippen molar-refractivity contribution in [3.05, 3.63) is 59.8 Å². The van der Waals surface area contributed by atoms with Crippen LogP contribution in [0, 0.1) is 6.92 Å². The smallest absolute Gasteiger partial charge is 0.292 e. The first-order chi connectivity index (χ1) is 15.0. The van der Waals surface area contributed by atoms with Gasteiger partial charge in [-0.25, -0.2) is 4.90 Å². The summed E-state index contributed by atoms with van der Waals surface area (Å²) in [6, 6.07) is 15.2. The lowest BCUT2D eigenvalue weighted by Gasteiger charge is -2.15. The average molecular weight is 421 g/mol. The van der Waals surface area contributed by atoms with E-state index in [0.717, 1.165) is 25.1 Å². The number of aromatic nitrogens is 1. The average Bonchev–Trinajstić information content (AvgIpc) is 3.20. The number of benzene rings is 2. The van der Waals surface area contributed by atoms with Gasteiger partial charge in [-0.05, 0) is 49.2 Å². The van der Waals surface area contributed by atoms with E-state index in [0.29, 0.717) is 12.3 Å². The summed E-state index contributed by atoms with van der Waals surface area (Å²) in [5, 5.41) is 3.27. The molecular weight excluding hydrogens is 390 g/mol. The van der Waals surface area contributed by atoms with Crippen LogP contribution in [-0.4, -0.2) is 35.6 Å². The SMILES string of the molecule is CCCOc1ccc(N2C(=O)C[C@@H]([NH2+]CCc3c(C)n(C)c4ccccc34)C2=O)cc1. The first-order valence-corrected chi connectivity index (χ1v) is 11.0. The van der Waals surface area contributed by atoms with Crippen LogP contribution in [0.25, 0.3) is 10.9 Å². The number of carbonyl (C=O) groups excluding carboxylic acids is 2. The Morgan fingerprint density at radius 3 is 2.58 bits per heavy atom. The molecule has 0 unspecified atom stereocenters. The van der Waals surface area contributed by atoms with Crippen LogP contribution in [0.2, 0.25) is 0 Å². The van der Waals surface area contributed by atoms with Gasteiger partial charge in [-0.15, -0.1) is 0 Å². The van der Waals surface area contributed by atoms with Crippen LogP contribution >= 0.6 is 0 Å². The van der Waals surface area contributed by atoms with E-state index in [1.165, 1.54) is 27.1 Å². The molecule has 1 saturated heterocycles. The minimum absolute atomic E-state index is 0.137. The molecule has 1 atom stereocenters. The second-order valence-corrected chi connectivity index (χ2v) is 8.13. The summed E-state index contributed by atoms with van der Waals surface area (Å²) in [6.45, 7) is 5.59. The van der Waals surface area contributed by atoms with Crippen molar-refractivity contribution in [1.29, 1.82) is 0 Å². The Kier molecular flexibility index (Phi) is 6.09. The Morgan fingerprint density at radius 2 is 1.84 bits per heavy atom. The maximum atomic E-state index is 12.9. The third-order valence-electron chi connectivity index (χ3n) is 6.13. The second-order valence-electron chi connectivity index (χ2n) is 8.13. The van der Waals surface area contributed by atoms with Crippen LogP contribution in [0.4, 0.5) is 5.69 Å². The molecule has 6 heteroatoms. The molecule has 3 aromatic rings. The molecule has 4 rings (SSSR count). The first-order valence-electron chi connectivity index (χ1n) is 11.0. The summed E-state index contributed by atoms with van der Waals surface area (Å²) in [4.78, 5) is 26.8. The molecule has 2 heterocycles. The molecule has 1 aliphatic rings. The molecule has 2 aromatic carbocycles. The van der Waals surface area contributed by atoms with Gasteiger partial charge in [0.2, 0.25) is 5.91 Å². The highest BCUT2D eigenvalue weighted by atomic mass is 16.5. The molecule has 2 N–H and O–H groups in total. The fourth-order valence-corrected chi connectivity index (χ4v) is 4.37. The van der Waals surface area contributed by atoms with Gasteiger partial charge in [0, 0.05) is 30.1 Å². The van der Waals surface area contributed by atoms with Crippen LogP contribution in [0.15, 0.2) is 48.5 Å². The van der Waals surface area contributed by atoms with Crippen LogP contribution in [0.1, 0.15) is 31.0 Å². The Bertz CT molecular complexity index is 1100. The number of rotatable bonds is 8. The molecule has 6 nitrogen and oxygen atoms in total. The number of imide groups is 1.